The first kappa shape index (κ1) is 14.4. The second kappa shape index (κ2) is 5.34. The Morgan fingerprint density at radius 1 is 1.18 bits per heavy atom. The quantitative estimate of drug-likeness (QED) is 0.589. The Bertz CT molecular complexity index is 299. The zero-order valence-electron chi connectivity index (χ0n) is 11.1. The summed E-state index contributed by atoms with van der Waals surface area (Å²) in [4.78, 5) is 12.6. The van der Waals surface area contributed by atoms with Crippen LogP contribution in [0.1, 0.15) is 59.3 Å². The SMILES string of the molecule is CC(C)(C)C(=O)NC1(C(N)=S)CCCCCC1. The number of hydrogen-bond donors (Lipinski definition) is 2. The first-order valence-corrected chi connectivity index (χ1v) is 6.81. The van der Waals surface area contributed by atoms with Gasteiger partial charge in [0.25, 0.3) is 0 Å². The van der Waals surface area contributed by atoms with Gasteiger partial charge in [0, 0.05) is 5.41 Å². The molecule has 1 saturated carbocycles. The number of rotatable bonds is 2. The normalized spacial score (nSPS) is 20.4. The van der Waals surface area contributed by atoms with Crippen LogP contribution in [0.15, 0.2) is 0 Å². The van der Waals surface area contributed by atoms with Crippen molar-refractivity contribution in [3.8, 4) is 0 Å². The van der Waals surface area contributed by atoms with E-state index in [9.17, 15) is 4.79 Å². The van der Waals surface area contributed by atoms with E-state index >= 15 is 0 Å². The molecule has 0 aromatic heterocycles. The van der Waals surface area contributed by atoms with Crippen LogP contribution in [0.4, 0.5) is 0 Å². The predicted molar refractivity (Wildman–Crippen MR) is 74.8 cm³/mol. The lowest BCUT2D eigenvalue weighted by atomic mass is 9.87. The molecule has 0 radical (unpaired) electrons. The third-order valence-corrected chi connectivity index (χ3v) is 3.85. The molecule has 0 bridgehead atoms. The number of carbonyl (C=O) groups excluding carboxylic acids is 1. The summed E-state index contributed by atoms with van der Waals surface area (Å²) in [6, 6.07) is 0. The number of nitrogens with one attached hydrogen (secondary N) is 1. The molecular weight excluding hydrogens is 232 g/mol. The van der Waals surface area contributed by atoms with Gasteiger partial charge in [-0.1, -0.05) is 58.7 Å². The van der Waals surface area contributed by atoms with Gasteiger partial charge in [0.2, 0.25) is 5.91 Å². The van der Waals surface area contributed by atoms with E-state index in [1.54, 1.807) is 0 Å². The van der Waals surface area contributed by atoms with Crippen molar-refractivity contribution >= 4 is 23.1 Å². The van der Waals surface area contributed by atoms with Gasteiger partial charge >= 0.3 is 0 Å². The molecule has 1 aliphatic rings. The summed E-state index contributed by atoms with van der Waals surface area (Å²) in [7, 11) is 0. The molecule has 0 aromatic carbocycles. The number of amides is 1. The Hall–Kier alpha value is -0.640. The zero-order valence-corrected chi connectivity index (χ0v) is 12.0. The van der Waals surface area contributed by atoms with Gasteiger partial charge in [-0.25, -0.2) is 0 Å². The Labute approximate surface area is 110 Å². The molecule has 4 heteroatoms. The summed E-state index contributed by atoms with van der Waals surface area (Å²) in [5.41, 5.74) is 5.03. The average molecular weight is 256 g/mol. The third kappa shape index (κ3) is 3.66. The van der Waals surface area contributed by atoms with E-state index in [4.69, 9.17) is 18.0 Å². The van der Waals surface area contributed by atoms with Crippen LogP contribution in [-0.4, -0.2) is 16.4 Å². The summed E-state index contributed by atoms with van der Waals surface area (Å²) in [5.74, 6) is 0.0344. The van der Waals surface area contributed by atoms with Crippen molar-refractivity contribution in [2.75, 3.05) is 0 Å². The maximum atomic E-state index is 12.1. The van der Waals surface area contributed by atoms with E-state index in [0.717, 1.165) is 25.7 Å². The Morgan fingerprint density at radius 2 is 1.65 bits per heavy atom. The molecule has 3 nitrogen and oxygen atoms in total. The van der Waals surface area contributed by atoms with Crippen molar-refractivity contribution in [1.82, 2.24) is 5.32 Å². The van der Waals surface area contributed by atoms with Crippen LogP contribution in [0, 0.1) is 5.41 Å². The summed E-state index contributed by atoms with van der Waals surface area (Å²) >= 11 is 5.19. The van der Waals surface area contributed by atoms with Crippen molar-refractivity contribution in [2.24, 2.45) is 11.1 Å². The van der Waals surface area contributed by atoms with E-state index in [1.807, 2.05) is 20.8 Å². The number of thiocarbonyl (C=S) groups is 1. The molecule has 0 aromatic rings. The fourth-order valence-electron chi connectivity index (χ4n) is 2.17. The van der Waals surface area contributed by atoms with Gasteiger partial charge in [-0.2, -0.15) is 0 Å². The molecule has 1 fully saturated rings. The lowest BCUT2D eigenvalue weighted by molar-refractivity contribution is -0.129. The van der Waals surface area contributed by atoms with Gasteiger partial charge in [0.1, 0.15) is 0 Å². The topological polar surface area (TPSA) is 55.1 Å². The average Bonchev–Trinajstić information content (AvgIpc) is 2.42. The minimum absolute atomic E-state index is 0.0344. The molecule has 1 aliphatic carbocycles. The van der Waals surface area contributed by atoms with E-state index in [1.165, 1.54) is 12.8 Å². The van der Waals surface area contributed by atoms with Gasteiger partial charge < -0.3 is 11.1 Å². The first-order chi connectivity index (χ1) is 7.78. The molecule has 0 unspecified atom stereocenters. The van der Waals surface area contributed by atoms with E-state index in [0.29, 0.717) is 4.99 Å². The highest BCUT2D eigenvalue weighted by Crippen LogP contribution is 2.29. The van der Waals surface area contributed by atoms with Gasteiger partial charge in [0.15, 0.2) is 0 Å². The zero-order chi connectivity index (χ0) is 13.1. The second-order valence-corrected chi connectivity index (χ2v) is 6.50. The van der Waals surface area contributed by atoms with Crippen LogP contribution >= 0.6 is 12.2 Å². The highest BCUT2D eigenvalue weighted by molar-refractivity contribution is 7.80. The van der Waals surface area contributed by atoms with Crippen molar-refractivity contribution < 1.29 is 4.79 Å². The van der Waals surface area contributed by atoms with Crippen molar-refractivity contribution in [3.63, 3.8) is 0 Å². The predicted octanol–water partition coefficient (Wildman–Crippen LogP) is 2.53. The summed E-state index contributed by atoms with van der Waals surface area (Å²) < 4.78 is 0. The van der Waals surface area contributed by atoms with Crippen LogP contribution in [0.25, 0.3) is 0 Å². The molecule has 0 aliphatic heterocycles. The maximum absolute atomic E-state index is 12.1. The number of carbonyl (C=O) groups is 1. The molecule has 0 spiro atoms. The monoisotopic (exact) mass is 256 g/mol. The molecule has 1 amide bonds. The summed E-state index contributed by atoms with van der Waals surface area (Å²) in [5, 5.41) is 3.11. The largest absolute Gasteiger partial charge is 0.391 e. The van der Waals surface area contributed by atoms with Crippen LogP contribution in [-0.2, 0) is 4.79 Å². The van der Waals surface area contributed by atoms with Crippen LogP contribution in [0.3, 0.4) is 0 Å². The Balaban J connectivity index is 2.85. The Morgan fingerprint density at radius 3 is 2.00 bits per heavy atom. The summed E-state index contributed by atoms with van der Waals surface area (Å²) in [6.07, 6.45) is 6.34. The molecule has 0 atom stereocenters. The molecular formula is C13H24N2OS. The van der Waals surface area contributed by atoms with Crippen LogP contribution < -0.4 is 11.1 Å². The number of nitrogens with two attached hydrogens (primary N) is 1. The molecule has 17 heavy (non-hydrogen) atoms. The fraction of sp³-hybridized carbons (Fsp3) is 0.846. The molecule has 98 valence electrons. The first-order valence-electron chi connectivity index (χ1n) is 6.40. The fourth-order valence-corrected chi connectivity index (χ4v) is 2.43. The molecule has 1 rings (SSSR count). The van der Waals surface area contributed by atoms with Gasteiger partial charge in [-0.3, -0.25) is 4.79 Å². The Kier molecular flexibility index (Phi) is 4.53. The molecule has 0 heterocycles. The minimum Gasteiger partial charge on any atom is -0.391 e. The van der Waals surface area contributed by atoms with E-state index in [-0.39, 0.29) is 5.91 Å². The highest BCUT2D eigenvalue weighted by Gasteiger charge is 2.37. The maximum Gasteiger partial charge on any atom is 0.226 e. The van der Waals surface area contributed by atoms with Crippen molar-refractivity contribution in [2.45, 2.75) is 64.8 Å². The standard InChI is InChI=1S/C13H24N2OS/c1-12(2,3)11(16)15-13(10(14)17)8-6-4-5-7-9-13/h4-9H2,1-3H3,(H2,14,17)(H,15,16). The third-order valence-electron chi connectivity index (χ3n) is 3.46. The van der Waals surface area contributed by atoms with Gasteiger partial charge in [0.05, 0.1) is 10.5 Å². The molecule has 3 N–H and O–H groups in total. The highest BCUT2D eigenvalue weighted by atomic mass is 32.1. The summed E-state index contributed by atoms with van der Waals surface area (Å²) in [6.45, 7) is 5.73. The number of hydrogen-bond acceptors (Lipinski definition) is 2. The minimum atomic E-state index is -0.448. The second-order valence-electron chi connectivity index (χ2n) is 6.06. The van der Waals surface area contributed by atoms with Crippen LogP contribution in [0.5, 0.6) is 0 Å². The van der Waals surface area contributed by atoms with Gasteiger partial charge in [-0.15, -0.1) is 0 Å². The smallest absolute Gasteiger partial charge is 0.226 e. The van der Waals surface area contributed by atoms with Crippen molar-refractivity contribution in [1.29, 1.82) is 0 Å². The lowest BCUT2D eigenvalue weighted by Gasteiger charge is -2.35. The lowest BCUT2D eigenvalue weighted by Crippen LogP contribution is -2.58. The molecule has 0 saturated heterocycles. The van der Waals surface area contributed by atoms with Crippen LogP contribution in [0.2, 0.25) is 0 Å². The van der Waals surface area contributed by atoms with E-state index < -0.39 is 11.0 Å². The van der Waals surface area contributed by atoms with Crippen molar-refractivity contribution in [3.05, 3.63) is 0 Å². The van der Waals surface area contributed by atoms with E-state index in [2.05, 4.69) is 5.32 Å². The van der Waals surface area contributed by atoms with Gasteiger partial charge in [-0.05, 0) is 12.8 Å².